The van der Waals surface area contributed by atoms with E-state index in [9.17, 15) is 14.3 Å². The normalized spacial score (nSPS) is 19.1. The Balaban J connectivity index is 2.21. The molecular formula is C14H18FNO3. The van der Waals surface area contributed by atoms with Crippen molar-refractivity contribution in [1.82, 2.24) is 4.90 Å². The van der Waals surface area contributed by atoms with E-state index >= 15 is 0 Å². The highest BCUT2D eigenvalue weighted by Gasteiger charge is 2.22. The number of halogens is 1. The number of aromatic hydroxyl groups is 1. The third-order valence-electron chi connectivity index (χ3n) is 3.48. The Bertz CT molecular complexity index is 484. The predicted molar refractivity (Wildman–Crippen MR) is 68.8 cm³/mol. The molecule has 0 spiro atoms. The second-order valence-corrected chi connectivity index (χ2v) is 4.95. The van der Waals surface area contributed by atoms with Gasteiger partial charge in [0.1, 0.15) is 11.6 Å². The summed E-state index contributed by atoms with van der Waals surface area (Å²) in [5, 5.41) is 10.0. The van der Waals surface area contributed by atoms with E-state index in [0.717, 1.165) is 19.1 Å². The van der Waals surface area contributed by atoms with Gasteiger partial charge in [0.2, 0.25) is 0 Å². The Hall–Kier alpha value is -1.46. The molecule has 0 aromatic heterocycles. The van der Waals surface area contributed by atoms with Crippen molar-refractivity contribution in [3.63, 3.8) is 0 Å². The van der Waals surface area contributed by atoms with Gasteiger partial charge < -0.3 is 9.84 Å². The van der Waals surface area contributed by atoms with Gasteiger partial charge in [-0.2, -0.15) is 0 Å². The number of ketones is 1. The zero-order valence-electron chi connectivity index (χ0n) is 11.1. The number of hydrogen-bond acceptors (Lipinski definition) is 4. The molecule has 4 nitrogen and oxygen atoms in total. The Morgan fingerprint density at radius 1 is 1.58 bits per heavy atom. The van der Waals surface area contributed by atoms with Crippen molar-refractivity contribution in [2.45, 2.75) is 25.9 Å². The van der Waals surface area contributed by atoms with Crippen molar-refractivity contribution in [1.29, 1.82) is 0 Å². The van der Waals surface area contributed by atoms with E-state index in [1.807, 2.05) is 11.9 Å². The van der Waals surface area contributed by atoms with Crippen LogP contribution in [-0.2, 0) is 11.3 Å². The van der Waals surface area contributed by atoms with Gasteiger partial charge in [0.15, 0.2) is 5.78 Å². The number of carbonyl (C=O) groups excluding carboxylic acids is 1. The highest BCUT2D eigenvalue weighted by atomic mass is 19.1. The van der Waals surface area contributed by atoms with E-state index in [-0.39, 0.29) is 23.1 Å². The van der Waals surface area contributed by atoms with Crippen LogP contribution in [0.4, 0.5) is 4.39 Å². The quantitative estimate of drug-likeness (QED) is 0.847. The van der Waals surface area contributed by atoms with Gasteiger partial charge in [0.05, 0.1) is 12.2 Å². The van der Waals surface area contributed by atoms with E-state index in [1.54, 1.807) is 0 Å². The molecule has 2 rings (SSSR count). The number of nitrogens with zero attached hydrogens (tertiary/aromatic N) is 1. The molecule has 1 unspecified atom stereocenters. The molecule has 104 valence electrons. The number of ether oxygens (including phenoxy) is 1. The zero-order chi connectivity index (χ0) is 14.0. The number of likely N-dealkylation sites (N-methyl/N-ethyl adjacent to an activating group) is 1. The first-order valence-corrected chi connectivity index (χ1v) is 6.29. The fourth-order valence-electron chi connectivity index (χ4n) is 2.31. The number of Topliss-reactive ketones (excluding diaryl/α,β-unsaturated/α-hetero) is 1. The molecule has 1 aromatic carbocycles. The minimum absolute atomic E-state index is 0.0334. The molecule has 0 amide bonds. The molecular weight excluding hydrogens is 249 g/mol. The van der Waals surface area contributed by atoms with Crippen molar-refractivity contribution >= 4 is 5.78 Å². The van der Waals surface area contributed by atoms with Crippen LogP contribution in [0.5, 0.6) is 5.75 Å². The Kier molecular flexibility index (Phi) is 4.17. The maximum atomic E-state index is 13.5. The van der Waals surface area contributed by atoms with Gasteiger partial charge in [-0.1, -0.05) is 0 Å². The lowest BCUT2D eigenvalue weighted by molar-refractivity contribution is 0.101. The van der Waals surface area contributed by atoms with Crippen LogP contribution in [-0.4, -0.2) is 42.1 Å². The number of carbonyl (C=O) groups is 1. The Labute approximate surface area is 111 Å². The summed E-state index contributed by atoms with van der Waals surface area (Å²) in [6, 6.07) is 2.61. The van der Waals surface area contributed by atoms with Gasteiger partial charge in [-0.05, 0) is 32.5 Å². The highest BCUT2D eigenvalue weighted by Crippen LogP contribution is 2.27. The van der Waals surface area contributed by atoms with Gasteiger partial charge in [-0.15, -0.1) is 0 Å². The SMILES string of the molecule is CC(=O)c1cc(F)cc(CN(C)C2CCOC2)c1O. The molecule has 1 aliphatic rings. The third-order valence-corrected chi connectivity index (χ3v) is 3.48. The molecule has 1 aliphatic heterocycles. The maximum Gasteiger partial charge on any atom is 0.163 e. The summed E-state index contributed by atoms with van der Waals surface area (Å²) in [7, 11) is 1.90. The van der Waals surface area contributed by atoms with Crippen LogP contribution in [0.2, 0.25) is 0 Å². The van der Waals surface area contributed by atoms with Gasteiger partial charge in [0.25, 0.3) is 0 Å². The summed E-state index contributed by atoms with van der Waals surface area (Å²) in [5.74, 6) is -0.973. The van der Waals surface area contributed by atoms with Crippen LogP contribution in [0.25, 0.3) is 0 Å². The molecule has 0 saturated carbocycles. The third kappa shape index (κ3) is 3.11. The number of hydrogen-bond donors (Lipinski definition) is 1. The fourth-order valence-corrected chi connectivity index (χ4v) is 2.31. The van der Waals surface area contributed by atoms with Crippen molar-refractivity contribution in [3.05, 3.63) is 29.1 Å². The van der Waals surface area contributed by atoms with Crippen LogP contribution >= 0.6 is 0 Å². The zero-order valence-corrected chi connectivity index (χ0v) is 11.1. The molecule has 1 saturated heterocycles. The van der Waals surface area contributed by atoms with Gasteiger partial charge in [-0.25, -0.2) is 4.39 Å². The standard InChI is InChI=1S/C14H18FNO3/c1-9(17)13-6-11(15)5-10(14(13)18)7-16(2)12-3-4-19-8-12/h5-6,12,18H,3-4,7-8H2,1-2H3. The lowest BCUT2D eigenvalue weighted by Gasteiger charge is -2.23. The Morgan fingerprint density at radius 2 is 2.32 bits per heavy atom. The van der Waals surface area contributed by atoms with Gasteiger partial charge in [0, 0.05) is 24.8 Å². The topological polar surface area (TPSA) is 49.8 Å². The average molecular weight is 267 g/mol. The number of rotatable bonds is 4. The van der Waals surface area contributed by atoms with E-state index < -0.39 is 5.82 Å². The predicted octanol–water partition coefficient (Wildman–Crippen LogP) is 1.95. The van der Waals surface area contributed by atoms with E-state index in [0.29, 0.717) is 18.7 Å². The summed E-state index contributed by atoms with van der Waals surface area (Å²) in [6.07, 6.45) is 0.923. The van der Waals surface area contributed by atoms with Crippen LogP contribution in [0.3, 0.4) is 0 Å². The van der Waals surface area contributed by atoms with Gasteiger partial charge >= 0.3 is 0 Å². The maximum absolute atomic E-state index is 13.5. The van der Waals surface area contributed by atoms with E-state index in [2.05, 4.69) is 0 Å². The van der Waals surface area contributed by atoms with Crippen molar-refractivity contribution in [2.75, 3.05) is 20.3 Å². The molecule has 0 aliphatic carbocycles. The number of phenols is 1. The van der Waals surface area contributed by atoms with E-state index in [1.165, 1.54) is 13.0 Å². The van der Waals surface area contributed by atoms with Crippen molar-refractivity contribution in [3.8, 4) is 5.75 Å². The largest absolute Gasteiger partial charge is 0.507 e. The lowest BCUT2D eigenvalue weighted by atomic mass is 10.0. The first kappa shape index (κ1) is 14.0. The smallest absolute Gasteiger partial charge is 0.163 e. The average Bonchev–Trinajstić information content (AvgIpc) is 2.86. The number of benzene rings is 1. The monoisotopic (exact) mass is 267 g/mol. The van der Waals surface area contributed by atoms with Gasteiger partial charge in [-0.3, -0.25) is 9.69 Å². The second kappa shape index (κ2) is 5.67. The molecule has 1 atom stereocenters. The summed E-state index contributed by atoms with van der Waals surface area (Å²) in [6.45, 7) is 3.07. The highest BCUT2D eigenvalue weighted by molar-refractivity contribution is 5.97. The summed E-state index contributed by atoms with van der Waals surface area (Å²) in [4.78, 5) is 13.4. The van der Waals surface area contributed by atoms with Crippen LogP contribution in [0.1, 0.15) is 29.3 Å². The Morgan fingerprint density at radius 3 is 2.89 bits per heavy atom. The van der Waals surface area contributed by atoms with Crippen molar-refractivity contribution < 1.29 is 19.0 Å². The van der Waals surface area contributed by atoms with Crippen LogP contribution < -0.4 is 0 Å². The molecule has 1 fully saturated rings. The lowest BCUT2D eigenvalue weighted by Crippen LogP contribution is -2.31. The van der Waals surface area contributed by atoms with Crippen LogP contribution in [0.15, 0.2) is 12.1 Å². The summed E-state index contributed by atoms with van der Waals surface area (Å²) >= 11 is 0. The summed E-state index contributed by atoms with van der Waals surface area (Å²) < 4.78 is 18.8. The van der Waals surface area contributed by atoms with E-state index in [4.69, 9.17) is 4.74 Å². The molecule has 1 aromatic rings. The minimum atomic E-state index is -0.505. The molecule has 19 heavy (non-hydrogen) atoms. The molecule has 1 heterocycles. The molecule has 0 radical (unpaired) electrons. The molecule has 1 N–H and O–H groups in total. The fraction of sp³-hybridized carbons (Fsp3) is 0.500. The second-order valence-electron chi connectivity index (χ2n) is 4.95. The number of phenolic OH excluding ortho intramolecular Hbond substituents is 1. The van der Waals surface area contributed by atoms with Crippen molar-refractivity contribution in [2.24, 2.45) is 0 Å². The molecule has 5 heteroatoms. The molecule has 0 bridgehead atoms. The minimum Gasteiger partial charge on any atom is -0.507 e. The first-order valence-electron chi connectivity index (χ1n) is 6.29. The van der Waals surface area contributed by atoms with Crippen LogP contribution in [0, 0.1) is 5.82 Å². The summed E-state index contributed by atoms with van der Waals surface area (Å²) in [5.41, 5.74) is 0.464. The first-order chi connectivity index (χ1) is 8.99.